The molecule has 0 spiro atoms. The van der Waals surface area contributed by atoms with E-state index in [4.69, 9.17) is 5.11 Å². The van der Waals surface area contributed by atoms with Crippen LogP contribution in [-0.2, 0) is 0 Å². The van der Waals surface area contributed by atoms with Crippen LogP contribution in [0.15, 0.2) is 30.5 Å². The minimum Gasteiger partial charge on any atom is -0.508 e. The Morgan fingerprint density at radius 1 is 1.33 bits per heavy atom. The van der Waals surface area contributed by atoms with Crippen molar-refractivity contribution in [1.29, 1.82) is 0 Å². The largest absolute Gasteiger partial charge is 0.508 e. The number of aromatic hydroxyl groups is 1. The Morgan fingerprint density at radius 3 is 2.42 bits per heavy atom. The SMILES string of the molecule is O=[N+]([O-])/C=C\c1ccc(O)cc1. The van der Waals surface area contributed by atoms with Crippen LogP contribution in [0.25, 0.3) is 6.08 Å². The number of benzene rings is 1. The highest BCUT2D eigenvalue weighted by Crippen LogP contribution is 2.10. The van der Waals surface area contributed by atoms with Gasteiger partial charge in [-0.3, -0.25) is 10.1 Å². The molecule has 12 heavy (non-hydrogen) atoms. The average molecular weight is 165 g/mol. The zero-order valence-corrected chi connectivity index (χ0v) is 6.18. The highest BCUT2D eigenvalue weighted by atomic mass is 16.6. The van der Waals surface area contributed by atoms with Gasteiger partial charge in [0, 0.05) is 6.08 Å². The predicted molar refractivity (Wildman–Crippen MR) is 44.1 cm³/mol. The van der Waals surface area contributed by atoms with Gasteiger partial charge in [-0.05, 0) is 17.7 Å². The molecule has 0 saturated carbocycles. The second-order valence-electron chi connectivity index (χ2n) is 2.19. The van der Waals surface area contributed by atoms with Crippen LogP contribution in [0.4, 0.5) is 0 Å². The molecule has 0 radical (unpaired) electrons. The normalized spacial score (nSPS) is 10.3. The molecule has 0 aliphatic heterocycles. The van der Waals surface area contributed by atoms with Gasteiger partial charge in [0.15, 0.2) is 0 Å². The van der Waals surface area contributed by atoms with Crippen molar-refractivity contribution in [2.45, 2.75) is 0 Å². The molecule has 62 valence electrons. The molecule has 1 aromatic carbocycles. The lowest BCUT2D eigenvalue weighted by Crippen LogP contribution is -1.81. The first-order chi connectivity index (χ1) is 5.68. The van der Waals surface area contributed by atoms with Gasteiger partial charge in [0.2, 0.25) is 6.20 Å². The van der Waals surface area contributed by atoms with Crippen LogP contribution in [0.3, 0.4) is 0 Å². The molecule has 4 heteroatoms. The van der Waals surface area contributed by atoms with Gasteiger partial charge in [-0.15, -0.1) is 0 Å². The van der Waals surface area contributed by atoms with Crippen molar-refractivity contribution in [1.82, 2.24) is 0 Å². The fourth-order valence-corrected chi connectivity index (χ4v) is 0.732. The second kappa shape index (κ2) is 3.52. The van der Waals surface area contributed by atoms with Crippen LogP contribution in [0.1, 0.15) is 5.56 Å². The summed E-state index contributed by atoms with van der Waals surface area (Å²) in [5.74, 6) is 0.147. The van der Waals surface area contributed by atoms with E-state index in [2.05, 4.69) is 0 Å². The van der Waals surface area contributed by atoms with Crippen LogP contribution < -0.4 is 0 Å². The number of nitrogens with zero attached hydrogens (tertiary/aromatic N) is 1. The minimum atomic E-state index is -0.535. The first-order valence-electron chi connectivity index (χ1n) is 3.29. The minimum absolute atomic E-state index is 0.147. The van der Waals surface area contributed by atoms with Crippen molar-refractivity contribution in [3.8, 4) is 5.75 Å². The molecular weight excluding hydrogens is 158 g/mol. The third-order valence-corrected chi connectivity index (χ3v) is 1.28. The lowest BCUT2D eigenvalue weighted by Gasteiger charge is -1.91. The smallest absolute Gasteiger partial charge is 0.235 e. The lowest BCUT2D eigenvalue weighted by atomic mass is 10.2. The van der Waals surface area contributed by atoms with Crippen molar-refractivity contribution in [3.63, 3.8) is 0 Å². The van der Waals surface area contributed by atoms with Gasteiger partial charge in [-0.1, -0.05) is 12.1 Å². The molecule has 4 nitrogen and oxygen atoms in total. The van der Waals surface area contributed by atoms with E-state index < -0.39 is 4.92 Å². The van der Waals surface area contributed by atoms with E-state index in [1.54, 1.807) is 12.1 Å². The number of phenols is 1. The summed E-state index contributed by atoms with van der Waals surface area (Å²) in [7, 11) is 0. The number of hydrogen-bond acceptors (Lipinski definition) is 3. The Bertz CT molecular complexity index is 303. The Kier molecular flexibility index (Phi) is 2.42. The van der Waals surface area contributed by atoms with E-state index in [1.165, 1.54) is 18.2 Å². The van der Waals surface area contributed by atoms with E-state index in [1.807, 2.05) is 0 Å². The summed E-state index contributed by atoms with van der Waals surface area (Å²) in [5.41, 5.74) is 0.685. The lowest BCUT2D eigenvalue weighted by molar-refractivity contribution is -0.400. The van der Waals surface area contributed by atoms with E-state index in [0.717, 1.165) is 6.20 Å². The van der Waals surface area contributed by atoms with Gasteiger partial charge < -0.3 is 5.11 Å². The highest BCUT2D eigenvalue weighted by molar-refractivity contribution is 5.49. The number of hydrogen-bond donors (Lipinski definition) is 1. The zero-order chi connectivity index (χ0) is 8.97. The Balaban J connectivity index is 2.77. The van der Waals surface area contributed by atoms with Gasteiger partial charge >= 0.3 is 0 Å². The van der Waals surface area contributed by atoms with Gasteiger partial charge in [-0.2, -0.15) is 0 Å². The summed E-state index contributed by atoms with van der Waals surface area (Å²) in [6.07, 6.45) is 2.21. The number of rotatable bonds is 2. The summed E-state index contributed by atoms with van der Waals surface area (Å²) < 4.78 is 0. The average Bonchev–Trinajstić information content (AvgIpc) is 2.03. The van der Waals surface area contributed by atoms with E-state index >= 15 is 0 Å². The van der Waals surface area contributed by atoms with Crippen molar-refractivity contribution >= 4 is 6.08 Å². The third kappa shape index (κ3) is 2.42. The van der Waals surface area contributed by atoms with E-state index in [0.29, 0.717) is 5.56 Å². The summed E-state index contributed by atoms with van der Waals surface area (Å²) >= 11 is 0. The molecule has 0 atom stereocenters. The Labute approximate surface area is 68.9 Å². The van der Waals surface area contributed by atoms with E-state index in [9.17, 15) is 10.1 Å². The maximum Gasteiger partial charge on any atom is 0.235 e. The Hall–Kier alpha value is -1.84. The standard InChI is InChI=1S/C8H7NO3/c10-8-3-1-7(2-4-8)5-6-9(11)12/h1-6,10H/b6-5-. The quantitative estimate of drug-likeness (QED) is 0.535. The molecule has 1 aromatic rings. The number of nitro groups is 1. The van der Waals surface area contributed by atoms with Crippen molar-refractivity contribution in [2.75, 3.05) is 0 Å². The second-order valence-corrected chi connectivity index (χ2v) is 2.19. The molecule has 0 aliphatic carbocycles. The molecule has 0 aromatic heterocycles. The van der Waals surface area contributed by atoms with Gasteiger partial charge in [0.1, 0.15) is 5.75 Å². The molecule has 0 amide bonds. The summed E-state index contributed by atoms with van der Waals surface area (Å²) in [5, 5.41) is 18.8. The zero-order valence-electron chi connectivity index (χ0n) is 6.18. The van der Waals surface area contributed by atoms with E-state index in [-0.39, 0.29) is 5.75 Å². The molecule has 0 saturated heterocycles. The van der Waals surface area contributed by atoms with Crippen molar-refractivity contribution in [3.05, 3.63) is 46.1 Å². The summed E-state index contributed by atoms with van der Waals surface area (Å²) in [4.78, 5) is 9.37. The number of phenolic OH excluding ortho intramolecular Hbond substituents is 1. The molecule has 0 heterocycles. The van der Waals surface area contributed by atoms with Crippen LogP contribution >= 0.6 is 0 Å². The van der Waals surface area contributed by atoms with Crippen LogP contribution in [-0.4, -0.2) is 10.0 Å². The molecule has 0 bridgehead atoms. The highest BCUT2D eigenvalue weighted by Gasteiger charge is 1.90. The van der Waals surface area contributed by atoms with Crippen molar-refractivity contribution in [2.24, 2.45) is 0 Å². The van der Waals surface area contributed by atoms with Crippen molar-refractivity contribution < 1.29 is 10.0 Å². The Morgan fingerprint density at radius 2 is 1.92 bits per heavy atom. The molecule has 0 fully saturated rings. The summed E-state index contributed by atoms with van der Waals surface area (Å²) in [6.45, 7) is 0. The fraction of sp³-hybridized carbons (Fsp3) is 0. The van der Waals surface area contributed by atoms with Crippen LogP contribution in [0.5, 0.6) is 5.75 Å². The third-order valence-electron chi connectivity index (χ3n) is 1.28. The van der Waals surface area contributed by atoms with Gasteiger partial charge in [0.25, 0.3) is 0 Å². The predicted octanol–water partition coefficient (Wildman–Crippen LogP) is 1.64. The fourth-order valence-electron chi connectivity index (χ4n) is 0.732. The molecule has 0 aliphatic rings. The van der Waals surface area contributed by atoms with Gasteiger partial charge in [0.05, 0.1) is 4.92 Å². The molecule has 1 N–H and O–H groups in total. The monoisotopic (exact) mass is 165 g/mol. The molecular formula is C8H7NO3. The first-order valence-corrected chi connectivity index (χ1v) is 3.29. The summed E-state index contributed by atoms with van der Waals surface area (Å²) in [6, 6.07) is 6.13. The maximum absolute atomic E-state index is 9.91. The maximum atomic E-state index is 9.91. The van der Waals surface area contributed by atoms with Crippen LogP contribution in [0.2, 0.25) is 0 Å². The van der Waals surface area contributed by atoms with Gasteiger partial charge in [-0.25, -0.2) is 0 Å². The van der Waals surface area contributed by atoms with Crippen LogP contribution in [0, 0.1) is 10.1 Å². The first kappa shape index (κ1) is 8.26. The topological polar surface area (TPSA) is 63.4 Å². The molecule has 0 unspecified atom stereocenters. The molecule has 1 rings (SSSR count).